The minimum atomic E-state index is -2.02. The molecule has 0 saturated carbocycles. The largest absolute Gasteiger partial charge is 0.372 e. The third kappa shape index (κ3) is 3.72. The van der Waals surface area contributed by atoms with Crippen LogP contribution >= 0.6 is 0 Å². The predicted octanol–water partition coefficient (Wildman–Crippen LogP) is 3.61. The van der Waals surface area contributed by atoms with Crippen LogP contribution in [0.4, 0.5) is 17.2 Å². The van der Waals surface area contributed by atoms with Gasteiger partial charge in [0.2, 0.25) is 0 Å². The topological polar surface area (TPSA) is 113 Å². The maximum absolute atomic E-state index is 13.9. The first-order valence-corrected chi connectivity index (χ1v) is 11.7. The van der Waals surface area contributed by atoms with Gasteiger partial charge in [-0.3, -0.25) is 14.3 Å². The zero-order valence-corrected chi connectivity index (χ0v) is 20.1. The molecule has 0 saturated heterocycles. The third-order valence-corrected chi connectivity index (χ3v) is 6.71. The van der Waals surface area contributed by atoms with Gasteiger partial charge in [0.15, 0.2) is 5.60 Å². The molecule has 5 rings (SSSR count). The predicted molar refractivity (Wildman–Crippen MR) is 138 cm³/mol. The number of aliphatic hydroxyl groups is 1. The molecule has 2 amide bonds. The summed E-state index contributed by atoms with van der Waals surface area (Å²) < 4.78 is 1.75. The summed E-state index contributed by atoms with van der Waals surface area (Å²) in [6.07, 6.45) is 2.24. The van der Waals surface area contributed by atoms with Gasteiger partial charge < -0.3 is 21.1 Å². The lowest BCUT2D eigenvalue weighted by molar-refractivity contribution is -0.133. The molecule has 4 aromatic rings. The number of amides is 2. The molecule has 182 valence electrons. The molecule has 3 aromatic carbocycles. The highest BCUT2D eigenvalue weighted by atomic mass is 16.3. The number of aryl methyl sites for hydroxylation is 2. The highest BCUT2D eigenvalue weighted by Gasteiger charge is 2.40. The van der Waals surface area contributed by atoms with Gasteiger partial charge in [-0.15, -0.1) is 0 Å². The lowest BCUT2D eigenvalue weighted by Crippen LogP contribution is -2.43. The van der Waals surface area contributed by atoms with E-state index in [1.807, 2.05) is 38.2 Å². The second-order valence-electron chi connectivity index (χ2n) is 8.84. The van der Waals surface area contributed by atoms with Crippen molar-refractivity contribution in [2.75, 3.05) is 10.2 Å². The van der Waals surface area contributed by atoms with E-state index in [9.17, 15) is 14.7 Å². The molecule has 0 aliphatic carbocycles. The molecular formula is C28H27N5O3. The molecule has 1 aliphatic heterocycles. The van der Waals surface area contributed by atoms with Gasteiger partial charge >= 0.3 is 0 Å². The Kier molecular flexibility index (Phi) is 5.81. The number of fused-ring (bicyclic) bond motifs is 2. The van der Waals surface area contributed by atoms with Gasteiger partial charge in [0.25, 0.3) is 11.8 Å². The number of carbonyl (C=O) groups excluding carboxylic acids is 2. The Bertz CT molecular complexity index is 1460. The van der Waals surface area contributed by atoms with Crippen molar-refractivity contribution in [3.05, 3.63) is 107 Å². The van der Waals surface area contributed by atoms with E-state index in [1.165, 1.54) is 0 Å². The van der Waals surface area contributed by atoms with Crippen LogP contribution in [-0.4, -0.2) is 26.7 Å². The van der Waals surface area contributed by atoms with E-state index in [0.29, 0.717) is 35.2 Å². The highest BCUT2D eigenvalue weighted by Crippen LogP contribution is 2.37. The van der Waals surface area contributed by atoms with Crippen LogP contribution in [0.2, 0.25) is 0 Å². The number of carbonyl (C=O) groups is 2. The number of primary amides is 1. The Labute approximate surface area is 209 Å². The van der Waals surface area contributed by atoms with E-state index >= 15 is 0 Å². The number of para-hydroxylation sites is 2. The number of nitrogens with one attached hydrogen (secondary N) is 1. The summed E-state index contributed by atoms with van der Waals surface area (Å²) >= 11 is 0. The van der Waals surface area contributed by atoms with Crippen LogP contribution in [0.5, 0.6) is 0 Å². The molecule has 36 heavy (non-hydrogen) atoms. The molecule has 0 fully saturated rings. The number of anilines is 3. The van der Waals surface area contributed by atoms with E-state index in [1.54, 1.807) is 64.3 Å². The normalized spacial score (nSPS) is 14.1. The van der Waals surface area contributed by atoms with Crippen LogP contribution < -0.4 is 16.0 Å². The molecule has 1 atom stereocenters. The van der Waals surface area contributed by atoms with Crippen molar-refractivity contribution in [3.63, 3.8) is 0 Å². The average Bonchev–Trinajstić information content (AvgIpc) is 3.15. The first-order chi connectivity index (χ1) is 17.3. The minimum absolute atomic E-state index is 0.204. The number of benzene rings is 3. The Hall–Kier alpha value is -4.43. The minimum Gasteiger partial charge on any atom is -0.372 e. The fraction of sp³-hybridized carbons (Fsp3) is 0.179. The third-order valence-electron chi connectivity index (χ3n) is 6.71. The Balaban J connectivity index is 1.58. The molecule has 1 aliphatic rings. The van der Waals surface area contributed by atoms with Gasteiger partial charge in [0.1, 0.15) is 5.82 Å². The van der Waals surface area contributed by atoms with Gasteiger partial charge in [-0.25, -0.2) is 0 Å². The zero-order valence-electron chi connectivity index (χ0n) is 20.1. The molecular weight excluding hydrogens is 454 g/mol. The van der Waals surface area contributed by atoms with Crippen molar-refractivity contribution < 1.29 is 14.7 Å². The first kappa shape index (κ1) is 23.3. The molecule has 1 aromatic heterocycles. The monoisotopic (exact) mass is 481 g/mol. The smallest absolute Gasteiger partial charge is 0.258 e. The Morgan fingerprint density at radius 1 is 1.08 bits per heavy atom. The molecule has 0 radical (unpaired) electrons. The summed E-state index contributed by atoms with van der Waals surface area (Å²) in [5.41, 5.74) is 7.98. The van der Waals surface area contributed by atoms with Crippen LogP contribution in [0.15, 0.2) is 79.0 Å². The molecule has 8 nitrogen and oxygen atoms in total. The maximum atomic E-state index is 13.9. The average molecular weight is 482 g/mol. The molecule has 0 bridgehead atoms. The van der Waals surface area contributed by atoms with Crippen LogP contribution in [0.25, 0.3) is 0 Å². The quantitative estimate of drug-likeness (QED) is 0.403. The van der Waals surface area contributed by atoms with Crippen molar-refractivity contribution in [1.29, 1.82) is 0 Å². The van der Waals surface area contributed by atoms with Gasteiger partial charge in [0.05, 0.1) is 24.1 Å². The number of aromatic nitrogens is 2. The number of hydrogen-bond donors (Lipinski definition) is 3. The van der Waals surface area contributed by atoms with Gasteiger partial charge in [0, 0.05) is 23.7 Å². The second-order valence-corrected chi connectivity index (χ2v) is 8.84. The van der Waals surface area contributed by atoms with E-state index in [0.717, 1.165) is 22.8 Å². The van der Waals surface area contributed by atoms with Gasteiger partial charge in [-0.2, -0.15) is 5.10 Å². The van der Waals surface area contributed by atoms with E-state index in [2.05, 4.69) is 10.4 Å². The second kappa shape index (κ2) is 8.98. The van der Waals surface area contributed by atoms with E-state index in [4.69, 9.17) is 5.73 Å². The van der Waals surface area contributed by atoms with Crippen molar-refractivity contribution in [3.8, 4) is 0 Å². The van der Waals surface area contributed by atoms with Crippen LogP contribution in [-0.2, 0) is 30.4 Å². The van der Waals surface area contributed by atoms with Crippen molar-refractivity contribution >= 4 is 29.0 Å². The van der Waals surface area contributed by atoms with Crippen LogP contribution in [0, 0.1) is 0 Å². The molecule has 2 heterocycles. The Morgan fingerprint density at radius 2 is 1.81 bits per heavy atom. The Morgan fingerprint density at radius 3 is 2.53 bits per heavy atom. The molecule has 4 N–H and O–H groups in total. The van der Waals surface area contributed by atoms with E-state index in [-0.39, 0.29) is 5.91 Å². The summed E-state index contributed by atoms with van der Waals surface area (Å²) in [6.45, 7) is 2.25. The SMILES string of the molecule is CCc1cc(C(=O)N2Cc3cnn(C)c3Nc3ccccc32)ccc1C(O)(C(N)=O)c1ccccc1. The zero-order chi connectivity index (χ0) is 25.4. The first-order valence-electron chi connectivity index (χ1n) is 11.7. The summed E-state index contributed by atoms with van der Waals surface area (Å²) in [5.74, 6) is -0.250. The fourth-order valence-electron chi connectivity index (χ4n) is 4.78. The van der Waals surface area contributed by atoms with Crippen molar-refractivity contribution in [2.24, 2.45) is 12.8 Å². The molecule has 0 spiro atoms. The summed E-state index contributed by atoms with van der Waals surface area (Å²) in [5, 5.41) is 19.2. The van der Waals surface area contributed by atoms with Crippen molar-refractivity contribution in [2.45, 2.75) is 25.5 Å². The fourth-order valence-corrected chi connectivity index (χ4v) is 4.78. The standard InChI is InChI=1S/C28H27N5O3/c1-3-18-15-19(13-14-22(18)28(36,27(29)35)21-9-5-4-6-10-21)26(34)33-17-20-16-30-32(2)25(20)31-23-11-7-8-12-24(23)33/h4-16,31,36H,3,17H2,1-2H3,(H2,29,35). The number of nitrogens with zero attached hydrogens (tertiary/aromatic N) is 3. The van der Waals surface area contributed by atoms with Crippen LogP contribution in [0.1, 0.15) is 39.5 Å². The maximum Gasteiger partial charge on any atom is 0.258 e. The van der Waals surface area contributed by atoms with Gasteiger partial charge in [-0.1, -0.05) is 55.5 Å². The molecule has 1 unspecified atom stereocenters. The van der Waals surface area contributed by atoms with Crippen LogP contribution in [0.3, 0.4) is 0 Å². The van der Waals surface area contributed by atoms with E-state index < -0.39 is 11.5 Å². The summed E-state index contributed by atoms with van der Waals surface area (Å²) in [6, 6.07) is 21.2. The number of hydrogen-bond acceptors (Lipinski definition) is 5. The molecule has 8 heteroatoms. The summed E-state index contributed by atoms with van der Waals surface area (Å²) in [7, 11) is 1.85. The lowest BCUT2D eigenvalue weighted by atomic mass is 9.81. The van der Waals surface area contributed by atoms with Gasteiger partial charge in [-0.05, 0) is 41.8 Å². The number of rotatable bonds is 5. The number of nitrogens with two attached hydrogens (primary N) is 1. The lowest BCUT2D eigenvalue weighted by Gasteiger charge is -2.29. The highest BCUT2D eigenvalue weighted by molar-refractivity contribution is 6.08. The van der Waals surface area contributed by atoms with Crippen molar-refractivity contribution in [1.82, 2.24) is 9.78 Å². The summed E-state index contributed by atoms with van der Waals surface area (Å²) in [4.78, 5) is 28.1.